The van der Waals surface area contributed by atoms with Gasteiger partial charge in [0, 0.05) is 11.6 Å². The number of para-hydroxylation sites is 1. The lowest BCUT2D eigenvalue weighted by molar-refractivity contribution is 0.209. The molecular formula is C14H19NOS. The molecule has 3 heteroatoms. The summed E-state index contributed by atoms with van der Waals surface area (Å²) in [5.41, 5.74) is 1.35. The van der Waals surface area contributed by atoms with Crippen molar-refractivity contribution in [3.63, 3.8) is 0 Å². The van der Waals surface area contributed by atoms with Crippen molar-refractivity contribution in [2.75, 3.05) is 6.54 Å². The molecule has 2 aliphatic rings. The van der Waals surface area contributed by atoms with E-state index in [2.05, 4.69) is 37.4 Å². The zero-order valence-corrected chi connectivity index (χ0v) is 11.3. The van der Waals surface area contributed by atoms with Gasteiger partial charge in [-0.3, -0.25) is 0 Å². The normalized spacial score (nSPS) is 26.4. The molecule has 3 rings (SSSR count). The van der Waals surface area contributed by atoms with Crippen LogP contribution in [0.25, 0.3) is 0 Å². The van der Waals surface area contributed by atoms with Crippen LogP contribution in [0, 0.1) is 0 Å². The number of hydrogen-bond donors (Lipinski definition) is 1. The fourth-order valence-electron chi connectivity index (χ4n) is 2.65. The molecule has 2 heterocycles. The molecule has 1 aromatic rings. The largest absolute Gasteiger partial charge is 0.475 e. The third-order valence-corrected chi connectivity index (χ3v) is 4.51. The Hall–Kier alpha value is -0.670. The van der Waals surface area contributed by atoms with Gasteiger partial charge in [0.1, 0.15) is 5.75 Å². The van der Waals surface area contributed by atoms with Crippen LogP contribution in [-0.4, -0.2) is 11.5 Å². The average molecular weight is 249 g/mol. The van der Waals surface area contributed by atoms with Crippen LogP contribution in [0.15, 0.2) is 23.1 Å². The quantitative estimate of drug-likeness (QED) is 0.819. The minimum absolute atomic E-state index is 0.118. The lowest BCUT2D eigenvalue weighted by Gasteiger charge is -2.26. The van der Waals surface area contributed by atoms with E-state index in [-0.39, 0.29) is 4.93 Å². The highest BCUT2D eigenvalue weighted by molar-refractivity contribution is 8.00. The molecule has 0 saturated carbocycles. The van der Waals surface area contributed by atoms with Crippen molar-refractivity contribution in [1.82, 2.24) is 5.32 Å². The second-order valence-corrected chi connectivity index (χ2v) is 6.91. The lowest BCUT2D eigenvalue weighted by atomic mass is 9.97. The highest BCUT2D eigenvalue weighted by atomic mass is 32.2. The summed E-state index contributed by atoms with van der Waals surface area (Å²) in [6.45, 7) is 5.40. The van der Waals surface area contributed by atoms with Gasteiger partial charge < -0.3 is 10.1 Å². The molecule has 0 radical (unpaired) electrons. The monoisotopic (exact) mass is 249 g/mol. The van der Waals surface area contributed by atoms with Crippen molar-refractivity contribution < 1.29 is 4.74 Å². The van der Waals surface area contributed by atoms with Gasteiger partial charge in [-0.1, -0.05) is 30.3 Å². The van der Waals surface area contributed by atoms with Crippen LogP contribution in [0.1, 0.15) is 44.7 Å². The van der Waals surface area contributed by atoms with E-state index in [0.29, 0.717) is 6.04 Å². The maximum Gasteiger partial charge on any atom is 0.153 e. The maximum absolute atomic E-state index is 6.10. The molecule has 0 aliphatic carbocycles. The molecular weight excluding hydrogens is 230 g/mol. The van der Waals surface area contributed by atoms with E-state index in [1.807, 2.05) is 11.8 Å². The Morgan fingerprint density at radius 1 is 1.35 bits per heavy atom. The van der Waals surface area contributed by atoms with Crippen LogP contribution < -0.4 is 10.1 Å². The van der Waals surface area contributed by atoms with E-state index >= 15 is 0 Å². The summed E-state index contributed by atoms with van der Waals surface area (Å²) in [7, 11) is 0. The fourth-order valence-corrected chi connectivity index (χ4v) is 3.70. The predicted octanol–water partition coefficient (Wildman–Crippen LogP) is 3.72. The van der Waals surface area contributed by atoms with E-state index in [0.717, 1.165) is 12.3 Å². The molecule has 0 bridgehead atoms. The van der Waals surface area contributed by atoms with Gasteiger partial charge in [-0.05, 0) is 39.3 Å². The Balaban J connectivity index is 1.94. The van der Waals surface area contributed by atoms with Crippen molar-refractivity contribution >= 4 is 11.8 Å². The van der Waals surface area contributed by atoms with Gasteiger partial charge in [0.2, 0.25) is 0 Å². The summed E-state index contributed by atoms with van der Waals surface area (Å²) >= 11 is 1.82. The molecule has 2 nitrogen and oxygen atoms in total. The van der Waals surface area contributed by atoms with Crippen LogP contribution in [0.3, 0.4) is 0 Å². The van der Waals surface area contributed by atoms with Crippen molar-refractivity contribution in [3.8, 4) is 5.75 Å². The van der Waals surface area contributed by atoms with E-state index in [9.17, 15) is 0 Å². The molecule has 0 amide bonds. The van der Waals surface area contributed by atoms with E-state index < -0.39 is 0 Å². The van der Waals surface area contributed by atoms with Crippen molar-refractivity contribution in [3.05, 3.63) is 23.8 Å². The van der Waals surface area contributed by atoms with E-state index in [4.69, 9.17) is 4.74 Å². The summed E-state index contributed by atoms with van der Waals surface area (Å²) < 4.78 is 6.10. The second kappa shape index (κ2) is 4.21. The average Bonchev–Trinajstić information content (AvgIpc) is 2.63. The Kier molecular flexibility index (Phi) is 2.83. The number of nitrogens with one attached hydrogen (secondary N) is 1. The molecule has 2 aliphatic heterocycles. The van der Waals surface area contributed by atoms with Gasteiger partial charge in [0.05, 0.1) is 4.90 Å². The van der Waals surface area contributed by atoms with E-state index in [1.54, 1.807) is 0 Å². The van der Waals surface area contributed by atoms with E-state index in [1.165, 1.54) is 29.7 Å². The van der Waals surface area contributed by atoms with Gasteiger partial charge in [-0.2, -0.15) is 0 Å². The minimum Gasteiger partial charge on any atom is -0.475 e. The Morgan fingerprint density at radius 3 is 3.00 bits per heavy atom. The second-order valence-electron chi connectivity index (χ2n) is 5.28. The number of hydrogen-bond acceptors (Lipinski definition) is 3. The van der Waals surface area contributed by atoms with Crippen LogP contribution in [0.2, 0.25) is 0 Å². The van der Waals surface area contributed by atoms with Crippen LogP contribution in [0.4, 0.5) is 0 Å². The predicted molar refractivity (Wildman–Crippen MR) is 71.6 cm³/mol. The van der Waals surface area contributed by atoms with Gasteiger partial charge in [-0.15, -0.1) is 0 Å². The molecule has 0 aromatic heterocycles. The van der Waals surface area contributed by atoms with Gasteiger partial charge in [0.25, 0.3) is 0 Å². The summed E-state index contributed by atoms with van der Waals surface area (Å²) in [6.07, 6.45) is 3.84. The topological polar surface area (TPSA) is 21.3 Å². The zero-order valence-electron chi connectivity index (χ0n) is 10.5. The Labute approximate surface area is 107 Å². The first-order valence-electron chi connectivity index (χ1n) is 6.40. The molecule has 1 unspecified atom stereocenters. The number of ether oxygens (including phenoxy) is 1. The van der Waals surface area contributed by atoms with Crippen LogP contribution in [-0.2, 0) is 0 Å². The van der Waals surface area contributed by atoms with Gasteiger partial charge in [0.15, 0.2) is 4.93 Å². The van der Waals surface area contributed by atoms with Crippen molar-refractivity contribution in [2.24, 2.45) is 0 Å². The molecule has 92 valence electrons. The standard InChI is InChI=1S/C14H19NOS/c1-14(2)16-13-10(6-5-8-12(13)17-14)11-7-3-4-9-15-11/h5-6,8,11,15H,3-4,7,9H2,1-2H3. The van der Waals surface area contributed by atoms with Crippen LogP contribution in [0.5, 0.6) is 5.75 Å². The summed E-state index contributed by atoms with van der Waals surface area (Å²) in [4.78, 5) is 1.17. The van der Waals surface area contributed by atoms with Gasteiger partial charge >= 0.3 is 0 Å². The third kappa shape index (κ3) is 2.18. The third-order valence-electron chi connectivity index (χ3n) is 3.40. The lowest BCUT2D eigenvalue weighted by Crippen LogP contribution is -2.27. The van der Waals surface area contributed by atoms with Crippen molar-refractivity contribution in [1.29, 1.82) is 0 Å². The van der Waals surface area contributed by atoms with Crippen LogP contribution >= 0.6 is 11.8 Å². The number of thioether (sulfide) groups is 1. The number of benzene rings is 1. The highest BCUT2D eigenvalue weighted by Gasteiger charge is 2.34. The first-order chi connectivity index (χ1) is 8.16. The number of piperidine rings is 1. The summed E-state index contributed by atoms with van der Waals surface area (Å²) in [6, 6.07) is 7.01. The molecule has 17 heavy (non-hydrogen) atoms. The zero-order chi connectivity index (χ0) is 11.9. The molecule has 1 aromatic carbocycles. The van der Waals surface area contributed by atoms with Gasteiger partial charge in [-0.25, -0.2) is 0 Å². The highest BCUT2D eigenvalue weighted by Crippen LogP contribution is 2.50. The fraction of sp³-hybridized carbons (Fsp3) is 0.571. The first-order valence-corrected chi connectivity index (χ1v) is 7.22. The Morgan fingerprint density at radius 2 is 2.24 bits per heavy atom. The maximum atomic E-state index is 6.10. The van der Waals surface area contributed by atoms with Crippen molar-refractivity contribution in [2.45, 2.75) is 49.0 Å². The molecule has 0 spiro atoms. The molecule has 1 N–H and O–H groups in total. The SMILES string of the molecule is CC1(C)Oc2c(cccc2C2CCCCN2)S1. The minimum atomic E-state index is -0.118. The molecule has 1 atom stereocenters. The number of rotatable bonds is 1. The summed E-state index contributed by atoms with van der Waals surface area (Å²) in [5.74, 6) is 1.11. The smallest absolute Gasteiger partial charge is 0.153 e. The molecule has 1 saturated heterocycles. The molecule has 1 fully saturated rings. The number of fused-ring (bicyclic) bond motifs is 1. The first kappa shape index (κ1) is 11.4. The summed E-state index contributed by atoms with van der Waals surface area (Å²) in [5, 5.41) is 3.60. The Bertz CT molecular complexity index is 424.